The van der Waals surface area contributed by atoms with E-state index >= 15 is 0 Å². The number of carbonyl (C=O) groups excluding carboxylic acids is 2. The average molecular weight is 524 g/mol. The maximum atomic E-state index is 12.6. The molecular formula is C31H61N3O3. The minimum Gasteiger partial charge on any atom is -0.348 e. The molecule has 1 fully saturated rings. The molecule has 37 heavy (non-hydrogen) atoms. The fourth-order valence-electron chi connectivity index (χ4n) is 5.90. The third kappa shape index (κ3) is 14.6. The van der Waals surface area contributed by atoms with Gasteiger partial charge < -0.3 is 10.6 Å². The Hall–Kier alpha value is -1.14. The highest BCUT2D eigenvalue weighted by Gasteiger charge is 2.47. The van der Waals surface area contributed by atoms with Crippen LogP contribution in [-0.2, 0) is 14.4 Å². The highest BCUT2D eigenvalue weighted by molar-refractivity contribution is 6.35. The van der Waals surface area contributed by atoms with Crippen molar-refractivity contribution in [3.8, 4) is 0 Å². The number of nitrogens with one attached hydrogen (secondary N) is 2. The maximum absolute atomic E-state index is 12.6. The Morgan fingerprint density at radius 3 is 1.59 bits per heavy atom. The Balaban J connectivity index is 2.27. The molecule has 6 nitrogen and oxygen atoms in total. The number of hydrogen-bond acceptors (Lipinski definition) is 4. The number of amides is 2. The van der Waals surface area contributed by atoms with E-state index in [4.69, 9.17) is 4.84 Å². The van der Waals surface area contributed by atoms with Gasteiger partial charge in [0.2, 0.25) is 0 Å². The van der Waals surface area contributed by atoms with Crippen molar-refractivity contribution in [1.82, 2.24) is 15.7 Å². The third-order valence-electron chi connectivity index (χ3n) is 7.67. The molecule has 1 saturated heterocycles. The molecule has 0 bridgehead atoms. The molecule has 1 rings (SSSR count). The number of piperidine rings is 1. The molecule has 1 aliphatic rings. The molecule has 6 heteroatoms. The third-order valence-corrected chi connectivity index (χ3v) is 7.67. The van der Waals surface area contributed by atoms with Crippen molar-refractivity contribution in [3.63, 3.8) is 0 Å². The van der Waals surface area contributed by atoms with Crippen LogP contribution in [-0.4, -0.2) is 47.1 Å². The van der Waals surface area contributed by atoms with Gasteiger partial charge in [-0.05, 0) is 53.4 Å². The predicted molar refractivity (Wildman–Crippen MR) is 155 cm³/mol. The van der Waals surface area contributed by atoms with Crippen LogP contribution in [0.15, 0.2) is 0 Å². The van der Waals surface area contributed by atoms with E-state index in [1.807, 2.05) is 0 Å². The van der Waals surface area contributed by atoms with Gasteiger partial charge in [-0.3, -0.25) is 14.4 Å². The molecule has 0 radical (unpaired) electrons. The van der Waals surface area contributed by atoms with E-state index in [0.717, 1.165) is 38.7 Å². The van der Waals surface area contributed by atoms with Gasteiger partial charge in [0.15, 0.2) is 0 Å². The number of nitrogens with zero attached hydrogens (tertiary/aromatic N) is 1. The minimum atomic E-state index is -0.509. The van der Waals surface area contributed by atoms with Crippen LogP contribution in [0.25, 0.3) is 0 Å². The fraction of sp³-hybridized carbons (Fsp3) is 0.935. The molecule has 0 atom stereocenters. The molecular weight excluding hydrogens is 462 g/mol. The van der Waals surface area contributed by atoms with Crippen molar-refractivity contribution >= 4 is 11.8 Å². The van der Waals surface area contributed by atoms with Crippen molar-refractivity contribution in [3.05, 3.63) is 0 Å². The van der Waals surface area contributed by atoms with Gasteiger partial charge in [-0.2, -0.15) is 5.06 Å². The van der Waals surface area contributed by atoms with Crippen LogP contribution in [0.4, 0.5) is 0 Å². The van der Waals surface area contributed by atoms with Crippen LogP contribution in [0.1, 0.15) is 157 Å². The predicted octanol–water partition coefficient (Wildman–Crippen LogP) is 7.45. The zero-order valence-corrected chi connectivity index (χ0v) is 25.4. The van der Waals surface area contributed by atoms with E-state index in [0.29, 0.717) is 6.54 Å². The fourth-order valence-corrected chi connectivity index (χ4v) is 5.90. The number of hydroxylamine groups is 2. The molecule has 0 unspecified atom stereocenters. The zero-order chi connectivity index (χ0) is 27.6. The summed E-state index contributed by atoms with van der Waals surface area (Å²) in [6.45, 7) is 14.5. The van der Waals surface area contributed by atoms with Crippen LogP contribution in [0.3, 0.4) is 0 Å². The first-order valence-corrected chi connectivity index (χ1v) is 15.7. The highest BCUT2D eigenvalue weighted by Crippen LogP contribution is 2.38. The van der Waals surface area contributed by atoms with Crippen LogP contribution >= 0.6 is 0 Å². The van der Waals surface area contributed by atoms with Crippen molar-refractivity contribution in [2.45, 2.75) is 174 Å². The summed E-state index contributed by atoms with van der Waals surface area (Å²) in [6, 6.07) is -0.0468. The molecule has 2 amide bonds. The van der Waals surface area contributed by atoms with E-state index in [2.05, 4.69) is 57.2 Å². The van der Waals surface area contributed by atoms with E-state index in [9.17, 15) is 9.59 Å². The van der Waals surface area contributed by atoms with Crippen molar-refractivity contribution in [2.75, 3.05) is 13.2 Å². The Morgan fingerprint density at radius 1 is 0.676 bits per heavy atom. The minimum absolute atomic E-state index is 0.0468. The first kappa shape index (κ1) is 33.9. The van der Waals surface area contributed by atoms with Gasteiger partial charge >= 0.3 is 11.8 Å². The van der Waals surface area contributed by atoms with Crippen LogP contribution in [0, 0.1) is 0 Å². The van der Waals surface area contributed by atoms with Crippen molar-refractivity contribution in [1.29, 1.82) is 0 Å². The summed E-state index contributed by atoms with van der Waals surface area (Å²) < 4.78 is 0. The quantitative estimate of drug-likeness (QED) is 0.128. The Kier molecular flexibility index (Phi) is 17.4. The number of unbranched alkanes of at least 4 members (excludes halogenated alkanes) is 14. The second kappa shape index (κ2) is 19.0. The smallest absolute Gasteiger partial charge is 0.309 e. The summed E-state index contributed by atoms with van der Waals surface area (Å²) in [7, 11) is 0. The molecule has 0 saturated carbocycles. The normalized spacial score (nSPS) is 17.6. The lowest BCUT2D eigenvalue weighted by Crippen LogP contribution is -2.64. The molecule has 0 aromatic rings. The molecule has 2 N–H and O–H groups in total. The lowest BCUT2D eigenvalue weighted by atomic mass is 9.79. The number of rotatable bonds is 20. The van der Waals surface area contributed by atoms with E-state index < -0.39 is 11.8 Å². The molecule has 0 aliphatic carbocycles. The summed E-state index contributed by atoms with van der Waals surface area (Å²) >= 11 is 0. The topological polar surface area (TPSA) is 70.7 Å². The Labute approximate surface area is 229 Å². The zero-order valence-electron chi connectivity index (χ0n) is 25.4. The molecule has 1 aliphatic heterocycles. The Morgan fingerprint density at radius 2 is 1.11 bits per heavy atom. The monoisotopic (exact) mass is 523 g/mol. The van der Waals surface area contributed by atoms with Gasteiger partial charge in [0.25, 0.3) is 0 Å². The largest absolute Gasteiger partial charge is 0.348 e. The lowest BCUT2D eigenvalue weighted by Gasteiger charge is -2.53. The maximum Gasteiger partial charge on any atom is 0.309 e. The second-order valence-electron chi connectivity index (χ2n) is 12.5. The molecule has 1 heterocycles. The average Bonchev–Trinajstić information content (AvgIpc) is 2.82. The van der Waals surface area contributed by atoms with Gasteiger partial charge in [-0.25, -0.2) is 0 Å². The van der Waals surface area contributed by atoms with Crippen LogP contribution in [0.5, 0.6) is 0 Å². The molecule has 218 valence electrons. The van der Waals surface area contributed by atoms with Gasteiger partial charge in [0.1, 0.15) is 0 Å². The summed E-state index contributed by atoms with van der Waals surface area (Å²) in [5.74, 6) is -1.02. The van der Waals surface area contributed by atoms with E-state index in [1.165, 1.54) is 83.5 Å². The lowest BCUT2D eigenvalue weighted by molar-refractivity contribution is -0.284. The molecule has 0 spiro atoms. The van der Waals surface area contributed by atoms with Crippen molar-refractivity contribution < 1.29 is 14.4 Å². The number of carbonyl (C=O) groups is 2. The second-order valence-corrected chi connectivity index (χ2v) is 12.5. The SMILES string of the molecule is CCCCCCCCCCCCNC(=O)C(=O)NC1CC(C)(C)N(OCCCCCCCC)C(C)(C)C1. The number of hydrogen-bond donors (Lipinski definition) is 2. The van der Waals surface area contributed by atoms with Gasteiger partial charge in [-0.1, -0.05) is 104 Å². The summed E-state index contributed by atoms with van der Waals surface area (Å²) in [4.78, 5) is 31.2. The van der Waals surface area contributed by atoms with E-state index in [1.54, 1.807) is 0 Å². The van der Waals surface area contributed by atoms with Gasteiger partial charge in [0, 0.05) is 23.7 Å². The van der Waals surface area contributed by atoms with Crippen LogP contribution < -0.4 is 10.6 Å². The van der Waals surface area contributed by atoms with Crippen LogP contribution in [0.2, 0.25) is 0 Å². The standard InChI is InChI=1S/C31H61N3O3/c1-7-9-11-13-15-16-17-18-19-21-23-32-28(35)29(36)33-27-25-30(3,4)34(31(5,6)26-27)37-24-22-20-14-12-10-8-2/h27H,7-26H2,1-6H3,(H,32,35)(H,33,36). The van der Waals surface area contributed by atoms with Crippen molar-refractivity contribution in [2.24, 2.45) is 0 Å². The molecule has 0 aromatic carbocycles. The first-order chi connectivity index (χ1) is 17.6. The van der Waals surface area contributed by atoms with E-state index in [-0.39, 0.29) is 17.1 Å². The van der Waals surface area contributed by atoms with Gasteiger partial charge in [0.05, 0.1) is 6.61 Å². The summed E-state index contributed by atoms with van der Waals surface area (Å²) in [6.07, 6.45) is 21.5. The van der Waals surface area contributed by atoms with Gasteiger partial charge in [-0.15, -0.1) is 0 Å². The highest BCUT2D eigenvalue weighted by atomic mass is 16.7. The molecule has 0 aromatic heterocycles. The summed E-state index contributed by atoms with van der Waals surface area (Å²) in [5.41, 5.74) is -0.456. The Bertz CT molecular complexity index is 603. The summed E-state index contributed by atoms with van der Waals surface area (Å²) in [5, 5.41) is 7.96. The first-order valence-electron chi connectivity index (χ1n) is 15.7.